The summed E-state index contributed by atoms with van der Waals surface area (Å²) in [4.78, 5) is 6.95. The van der Waals surface area contributed by atoms with E-state index in [9.17, 15) is 0 Å². The Labute approximate surface area is 124 Å². The zero-order valence-electron chi connectivity index (χ0n) is 11.4. The fourth-order valence-corrected chi connectivity index (χ4v) is 2.90. The van der Waals surface area contributed by atoms with E-state index in [2.05, 4.69) is 52.7 Å². The quantitative estimate of drug-likeness (QED) is 0.654. The molecule has 4 heteroatoms. The van der Waals surface area contributed by atoms with Gasteiger partial charge < -0.3 is 4.90 Å². The molecule has 0 bridgehead atoms. The highest BCUT2D eigenvalue weighted by Crippen LogP contribution is 2.26. The molecule has 1 heterocycles. The highest BCUT2D eigenvalue weighted by Gasteiger charge is 2.18. The van der Waals surface area contributed by atoms with E-state index in [0.717, 1.165) is 28.8 Å². The molecular formula is C14H22BrClN2. The molecule has 0 amide bonds. The molecule has 1 unspecified atom stereocenters. The number of pyridine rings is 1. The molecule has 0 saturated heterocycles. The number of halogens is 2. The first kappa shape index (κ1) is 15.8. The zero-order valence-corrected chi connectivity index (χ0v) is 13.8. The molecule has 0 aromatic carbocycles. The Balaban J connectivity index is 3.06. The second-order valence-electron chi connectivity index (χ2n) is 4.41. The second-order valence-corrected chi connectivity index (χ2v) is 5.59. The third kappa shape index (κ3) is 3.86. The summed E-state index contributed by atoms with van der Waals surface area (Å²) in [5.74, 6) is 1.54. The van der Waals surface area contributed by atoms with Crippen LogP contribution in [0.4, 0.5) is 5.82 Å². The molecule has 1 atom stereocenters. The van der Waals surface area contributed by atoms with E-state index in [1.807, 2.05) is 6.20 Å². The molecule has 0 saturated carbocycles. The van der Waals surface area contributed by atoms with Crippen molar-refractivity contribution in [2.75, 3.05) is 11.4 Å². The molecule has 0 aliphatic rings. The summed E-state index contributed by atoms with van der Waals surface area (Å²) in [6, 6.07) is 2.62. The lowest BCUT2D eigenvalue weighted by atomic mass is 10.1. The van der Waals surface area contributed by atoms with Crippen LogP contribution in [-0.4, -0.2) is 17.6 Å². The monoisotopic (exact) mass is 332 g/mol. The third-order valence-corrected chi connectivity index (χ3v) is 3.92. The Hall–Kier alpha value is -0.280. The van der Waals surface area contributed by atoms with Crippen molar-refractivity contribution in [1.82, 2.24) is 4.98 Å². The second kappa shape index (κ2) is 8.00. The molecule has 1 aromatic rings. The molecule has 0 spiro atoms. The summed E-state index contributed by atoms with van der Waals surface area (Å²) in [6.07, 6.45) is 5.39. The maximum Gasteiger partial charge on any atom is 0.133 e. The average Bonchev–Trinajstić information content (AvgIpc) is 2.39. The van der Waals surface area contributed by atoms with Gasteiger partial charge in [-0.05, 0) is 41.8 Å². The highest BCUT2D eigenvalue weighted by molar-refractivity contribution is 9.10. The number of aromatic nitrogens is 1. The van der Waals surface area contributed by atoms with Crippen molar-refractivity contribution >= 4 is 33.3 Å². The Morgan fingerprint density at radius 3 is 2.61 bits per heavy atom. The van der Waals surface area contributed by atoms with Crippen molar-refractivity contribution in [3.8, 4) is 0 Å². The SMILES string of the molecule is CCCC(CC)N(CC)c1ncc(Br)cc1CCl. The highest BCUT2D eigenvalue weighted by atomic mass is 79.9. The first-order valence-corrected chi connectivity index (χ1v) is 7.97. The molecule has 0 fully saturated rings. The molecule has 0 aliphatic heterocycles. The third-order valence-electron chi connectivity index (χ3n) is 3.20. The van der Waals surface area contributed by atoms with Crippen molar-refractivity contribution < 1.29 is 0 Å². The van der Waals surface area contributed by atoms with E-state index in [0.29, 0.717) is 11.9 Å². The van der Waals surface area contributed by atoms with Crippen LogP contribution in [-0.2, 0) is 5.88 Å². The summed E-state index contributed by atoms with van der Waals surface area (Å²) in [7, 11) is 0. The van der Waals surface area contributed by atoms with Gasteiger partial charge >= 0.3 is 0 Å². The Morgan fingerprint density at radius 2 is 2.11 bits per heavy atom. The van der Waals surface area contributed by atoms with Gasteiger partial charge in [-0.25, -0.2) is 4.98 Å². The molecule has 0 N–H and O–H groups in total. The Bertz CT molecular complexity index is 371. The zero-order chi connectivity index (χ0) is 13.5. The van der Waals surface area contributed by atoms with Crippen LogP contribution in [0.15, 0.2) is 16.7 Å². The number of alkyl halides is 1. The van der Waals surface area contributed by atoms with Crippen LogP contribution in [0.2, 0.25) is 0 Å². The lowest BCUT2D eigenvalue weighted by Gasteiger charge is -2.32. The molecule has 1 rings (SSSR count). The minimum atomic E-state index is 0.501. The summed E-state index contributed by atoms with van der Waals surface area (Å²) < 4.78 is 0.987. The number of hydrogen-bond acceptors (Lipinski definition) is 2. The van der Waals surface area contributed by atoms with Crippen LogP contribution in [0.5, 0.6) is 0 Å². The molecular weight excluding hydrogens is 312 g/mol. The molecule has 102 valence electrons. The van der Waals surface area contributed by atoms with Gasteiger partial charge in [0.15, 0.2) is 0 Å². The van der Waals surface area contributed by atoms with Crippen molar-refractivity contribution in [3.63, 3.8) is 0 Å². The maximum absolute atomic E-state index is 6.04. The molecule has 0 radical (unpaired) electrons. The summed E-state index contributed by atoms with van der Waals surface area (Å²) in [6.45, 7) is 7.62. The standard InChI is InChI=1S/C14H22BrClN2/c1-4-7-13(5-2)18(6-3)14-11(9-16)8-12(15)10-17-14/h8,10,13H,4-7,9H2,1-3H3. The molecule has 1 aromatic heterocycles. The van der Waals surface area contributed by atoms with E-state index >= 15 is 0 Å². The van der Waals surface area contributed by atoms with Crippen molar-refractivity contribution in [2.24, 2.45) is 0 Å². The predicted molar refractivity (Wildman–Crippen MR) is 83.5 cm³/mol. The van der Waals surface area contributed by atoms with Crippen LogP contribution in [0.1, 0.15) is 45.6 Å². The van der Waals surface area contributed by atoms with Crippen LogP contribution >= 0.6 is 27.5 Å². The fraction of sp³-hybridized carbons (Fsp3) is 0.643. The van der Waals surface area contributed by atoms with Crippen LogP contribution in [0.25, 0.3) is 0 Å². The van der Waals surface area contributed by atoms with Crippen molar-refractivity contribution in [2.45, 2.75) is 52.0 Å². The van der Waals surface area contributed by atoms with Crippen LogP contribution < -0.4 is 4.90 Å². The smallest absolute Gasteiger partial charge is 0.133 e. The first-order valence-electron chi connectivity index (χ1n) is 6.64. The van der Waals surface area contributed by atoms with E-state index in [-0.39, 0.29) is 0 Å². The summed E-state index contributed by atoms with van der Waals surface area (Å²) in [5.41, 5.74) is 1.10. The Morgan fingerprint density at radius 1 is 1.39 bits per heavy atom. The van der Waals surface area contributed by atoms with Crippen LogP contribution in [0.3, 0.4) is 0 Å². The fourth-order valence-electron chi connectivity index (χ4n) is 2.33. The Kier molecular flexibility index (Phi) is 7.02. The van der Waals surface area contributed by atoms with Crippen LogP contribution in [0, 0.1) is 0 Å². The average molecular weight is 334 g/mol. The van der Waals surface area contributed by atoms with Gasteiger partial charge in [-0.2, -0.15) is 0 Å². The largest absolute Gasteiger partial charge is 0.354 e. The van der Waals surface area contributed by atoms with Gasteiger partial charge in [-0.15, -0.1) is 11.6 Å². The van der Waals surface area contributed by atoms with Gasteiger partial charge in [0.1, 0.15) is 5.82 Å². The first-order chi connectivity index (χ1) is 8.67. The van der Waals surface area contributed by atoms with Crippen molar-refractivity contribution in [1.29, 1.82) is 0 Å². The normalized spacial score (nSPS) is 12.5. The molecule has 0 aliphatic carbocycles. The minimum Gasteiger partial charge on any atom is -0.354 e. The predicted octanol–water partition coefficient (Wildman–Crippen LogP) is 4.99. The van der Waals surface area contributed by atoms with Crippen molar-refractivity contribution in [3.05, 3.63) is 22.3 Å². The van der Waals surface area contributed by atoms with Gasteiger partial charge in [0.2, 0.25) is 0 Å². The van der Waals surface area contributed by atoms with E-state index < -0.39 is 0 Å². The number of rotatable bonds is 7. The van der Waals surface area contributed by atoms with E-state index in [1.165, 1.54) is 12.8 Å². The van der Waals surface area contributed by atoms with Gasteiger partial charge in [0.05, 0.1) is 5.88 Å². The van der Waals surface area contributed by atoms with Gasteiger partial charge in [-0.1, -0.05) is 20.3 Å². The lowest BCUT2D eigenvalue weighted by molar-refractivity contribution is 0.531. The van der Waals surface area contributed by atoms with Gasteiger partial charge in [0, 0.05) is 28.8 Å². The topological polar surface area (TPSA) is 16.1 Å². The molecule has 2 nitrogen and oxygen atoms in total. The maximum atomic E-state index is 6.04. The lowest BCUT2D eigenvalue weighted by Crippen LogP contribution is -2.36. The molecule has 18 heavy (non-hydrogen) atoms. The van der Waals surface area contributed by atoms with Gasteiger partial charge in [-0.3, -0.25) is 0 Å². The summed E-state index contributed by atoms with van der Waals surface area (Å²) >= 11 is 9.50. The number of anilines is 1. The van der Waals surface area contributed by atoms with E-state index in [1.54, 1.807) is 0 Å². The number of nitrogens with zero attached hydrogens (tertiary/aromatic N) is 2. The van der Waals surface area contributed by atoms with Gasteiger partial charge in [0.25, 0.3) is 0 Å². The van der Waals surface area contributed by atoms with E-state index in [4.69, 9.17) is 11.6 Å². The summed E-state index contributed by atoms with van der Waals surface area (Å²) in [5, 5.41) is 0. The number of hydrogen-bond donors (Lipinski definition) is 0. The minimum absolute atomic E-state index is 0.501.